The average Bonchev–Trinajstić information content (AvgIpc) is 2.59. The van der Waals surface area contributed by atoms with Crippen molar-refractivity contribution in [1.29, 1.82) is 0 Å². The quantitative estimate of drug-likeness (QED) is 0.624. The number of allylic oxidation sites excluding steroid dienone is 4. The Labute approximate surface area is 140 Å². The van der Waals surface area contributed by atoms with Gasteiger partial charge >= 0.3 is 0 Å². The highest BCUT2D eigenvalue weighted by Gasteiger charge is 1.99. The number of rotatable bonds is 6. The van der Waals surface area contributed by atoms with Gasteiger partial charge in [0, 0.05) is 0 Å². The van der Waals surface area contributed by atoms with E-state index >= 15 is 0 Å². The fourth-order valence-electron chi connectivity index (χ4n) is 1.93. The smallest absolute Gasteiger partial charge is 0.178 e. The lowest BCUT2D eigenvalue weighted by molar-refractivity contribution is -0.110. The predicted molar refractivity (Wildman–Crippen MR) is 95.0 cm³/mol. The SMILES string of the molecule is COc1cc(/C=C/C=C/C(=O)/C=C/c2ccc(O)cc2)ccc1O. The van der Waals surface area contributed by atoms with Crippen LogP contribution in [-0.4, -0.2) is 23.1 Å². The molecule has 0 fully saturated rings. The molecule has 0 bridgehead atoms. The van der Waals surface area contributed by atoms with Crippen LogP contribution in [0.25, 0.3) is 12.2 Å². The number of phenols is 2. The molecule has 0 spiro atoms. The normalized spacial score (nSPS) is 11.5. The summed E-state index contributed by atoms with van der Waals surface area (Å²) in [6, 6.07) is 11.6. The molecule has 4 heteroatoms. The van der Waals surface area contributed by atoms with Crippen molar-refractivity contribution in [3.05, 3.63) is 77.9 Å². The number of phenolic OH excluding ortho intramolecular Hbond substituents is 2. The minimum atomic E-state index is -0.143. The predicted octanol–water partition coefficient (Wildman–Crippen LogP) is 3.96. The van der Waals surface area contributed by atoms with Crippen LogP contribution in [0.3, 0.4) is 0 Å². The van der Waals surface area contributed by atoms with Crippen molar-refractivity contribution in [3.63, 3.8) is 0 Å². The van der Waals surface area contributed by atoms with Crippen molar-refractivity contribution in [2.75, 3.05) is 7.11 Å². The molecule has 0 atom stereocenters. The molecule has 2 N–H and O–H groups in total. The maximum atomic E-state index is 11.7. The van der Waals surface area contributed by atoms with E-state index in [0.29, 0.717) is 5.75 Å². The maximum absolute atomic E-state index is 11.7. The van der Waals surface area contributed by atoms with Gasteiger partial charge in [0.15, 0.2) is 17.3 Å². The standard InChI is InChI=1S/C20H18O4/c1-24-20-14-16(9-13-19(20)23)4-2-3-5-17(21)10-6-15-7-11-18(22)12-8-15/h2-14,22-23H,1H3/b4-2+,5-3+,10-6+. The summed E-state index contributed by atoms with van der Waals surface area (Å²) in [5.74, 6) is 0.527. The zero-order valence-corrected chi connectivity index (χ0v) is 13.2. The number of benzene rings is 2. The summed E-state index contributed by atoms with van der Waals surface area (Å²) in [7, 11) is 1.49. The van der Waals surface area contributed by atoms with E-state index < -0.39 is 0 Å². The van der Waals surface area contributed by atoms with Crippen molar-refractivity contribution in [1.82, 2.24) is 0 Å². The summed E-state index contributed by atoms with van der Waals surface area (Å²) >= 11 is 0. The van der Waals surface area contributed by atoms with Gasteiger partial charge in [0.25, 0.3) is 0 Å². The summed E-state index contributed by atoms with van der Waals surface area (Å²) in [6.45, 7) is 0. The van der Waals surface area contributed by atoms with E-state index in [4.69, 9.17) is 4.74 Å². The first-order valence-electron chi connectivity index (χ1n) is 7.31. The number of ether oxygens (including phenoxy) is 1. The van der Waals surface area contributed by atoms with Crippen LogP contribution in [-0.2, 0) is 4.79 Å². The minimum absolute atomic E-state index is 0.0831. The van der Waals surface area contributed by atoms with Crippen LogP contribution in [0.15, 0.2) is 66.8 Å². The third kappa shape index (κ3) is 5.18. The Bertz CT molecular complexity index is 784. The molecule has 2 aromatic carbocycles. The Morgan fingerprint density at radius 2 is 1.62 bits per heavy atom. The topological polar surface area (TPSA) is 66.8 Å². The molecule has 0 aliphatic heterocycles. The van der Waals surface area contributed by atoms with Gasteiger partial charge in [-0.05, 0) is 47.5 Å². The van der Waals surface area contributed by atoms with Crippen LogP contribution in [0.4, 0.5) is 0 Å². The van der Waals surface area contributed by atoms with E-state index in [1.165, 1.54) is 19.3 Å². The molecular weight excluding hydrogens is 304 g/mol. The Kier molecular flexibility index (Phi) is 5.97. The van der Waals surface area contributed by atoms with Crippen molar-refractivity contribution in [3.8, 4) is 17.2 Å². The number of carbonyl (C=O) groups excluding carboxylic acids is 1. The molecule has 0 aromatic heterocycles. The first kappa shape index (κ1) is 17.1. The zero-order chi connectivity index (χ0) is 17.4. The van der Waals surface area contributed by atoms with Gasteiger partial charge in [-0.1, -0.05) is 42.5 Å². The molecule has 2 aromatic rings. The lowest BCUT2D eigenvalue weighted by atomic mass is 10.1. The van der Waals surface area contributed by atoms with Crippen LogP contribution in [0, 0.1) is 0 Å². The Morgan fingerprint density at radius 1 is 0.917 bits per heavy atom. The Balaban J connectivity index is 1.93. The van der Waals surface area contributed by atoms with Crippen molar-refractivity contribution >= 4 is 17.9 Å². The zero-order valence-electron chi connectivity index (χ0n) is 13.2. The van der Waals surface area contributed by atoms with Gasteiger partial charge in [-0.3, -0.25) is 4.79 Å². The molecule has 0 amide bonds. The van der Waals surface area contributed by atoms with E-state index in [9.17, 15) is 15.0 Å². The highest BCUT2D eigenvalue weighted by atomic mass is 16.5. The monoisotopic (exact) mass is 322 g/mol. The number of carbonyl (C=O) groups is 1. The van der Waals surface area contributed by atoms with Gasteiger partial charge in [-0.15, -0.1) is 0 Å². The molecule has 2 rings (SSSR count). The second-order valence-corrected chi connectivity index (χ2v) is 4.98. The fourth-order valence-corrected chi connectivity index (χ4v) is 1.93. The Morgan fingerprint density at radius 3 is 2.33 bits per heavy atom. The van der Waals surface area contributed by atoms with E-state index in [1.54, 1.807) is 66.8 Å². The maximum Gasteiger partial charge on any atom is 0.178 e. The highest BCUT2D eigenvalue weighted by Crippen LogP contribution is 2.26. The first-order chi connectivity index (χ1) is 11.6. The third-order valence-electron chi connectivity index (χ3n) is 3.20. The van der Waals surface area contributed by atoms with Gasteiger partial charge in [0.1, 0.15) is 5.75 Å². The van der Waals surface area contributed by atoms with Crippen LogP contribution in [0.5, 0.6) is 17.2 Å². The average molecular weight is 322 g/mol. The summed E-state index contributed by atoms with van der Waals surface area (Å²) in [6.07, 6.45) is 9.77. The van der Waals surface area contributed by atoms with Crippen LogP contribution in [0.2, 0.25) is 0 Å². The number of hydrogen-bond donors (Lipinski definition) is 2. The minimum Gasteiger partial charge on any atom is -0.508 e. The van der Waals surface area contributed by atoms with Gasteiger partial charge < -0.3 is 14.9 Å². The molecule has 0 unspecified atom stereocenters. The Hall–Kier alpha value is -3.27. The molecule has 4 nitrogen and oxygen atoms in total. The van der Waals surface area contributed by atoms with E-state index in [0.717, 1.165) is 11.1 Å². The fraction of sp³-hybridized carbons (Fsp3) is 0.0500. The lowest BCUT2D eigenvalue weighted by Crippen LogP contribution is -1.84. The molecule has 24 heavy (non-hydrogen) atoms. The summed E-state index contributed by atoms with van der Waals surface area (Å²) in [5, 5.41) is 18.7. The molecule has 0 aliphatic carbocycles. The van der Waals surface area contributed by atoms with E-state index in [1.807, 2.05) is 0 Å². The molecule has 0 aliphatic rings. The molecule has 122 valence electrons. The molecule has 0 saturated carbocycles. The molecule has 0 heterocycles. The van der Waals surface area contributed by atoms with Gasteiger partial charge in [-0.25, -0.2) is 0 Å². The van der Waals surface area contributed by atoms with Crippen LogP contribution in [0.1, 0.15) is 11.1 Å². The molecular formula is C20H18O4. The van der Waals surface area contributed by atoms with Gasteiger partial charge in [0.05, 0.1) is 7.11 Å². The number of hydrogen-bond acceptors (Lipinski definition) is 4. The van der Waals surface area contributed by atoms with E-state index in [-0.39, 0.29) is 17.3 Å². The second-order valence-electron chi connectivity index (χ2n) is 4.98. The highest BCUT2D eigenvalue weighted by molar-refractivity contribution is 6.02. The second kappa shape index (κ2) is 8.39. The van der Waals surface area contributed by atoms with Gasteiger partial charge in [-0.2, -0.15) is 0 Å². The van der Waals surface area contributed by atoms with Crippen LogP contribution < -0.4 is 4.74 Å². The van der Waals surface area contributed by atoms with Gasteiger partial charge in [0.2, 0.25) is 0 Å². The third-order valence-corrected chi connectivity index (χ3v) is 3.20. The summed E-state index contributed by atoms with van der Waals surface area (Å²) in [4.78, 5) is 11.7. The molecule has 0 radical (unpaired) electrons. The lowest BCUT2D eigenvalue weighted by Gasteiger charge is -2.03. The molecule has 0 saturated heterocycles. The number of ketones is 1. The first-order valence-corrected chi connectivity index (χ1v) is 7.31. The number of methoxy groups -OCH3 is 1. The summed E-state index contributed by atoms with van der Waals surface area (Å²) < 4.78 is 5.03. The van der Waals surface area contributed by atoms with Crippen molar-refractivity contribution < 1.29 is 19.7 Å². The van der Waals surface area contributed by atoms with E-state index in [2.05, 4.69) is 0 Å². The van der Waals surface area contributed by atoms with Crippen molar-refractivity contribution in [2.24, 2.45) is 0 Å². The van der Waals surface area contributed by atoms with Crippen LogP contribution >= 0.6 is 0 Å². The summed E-state index contributed by atoms with van der Waals surface area (Å²) in [5.41, 5.74) is 1.68. The number of aromatic hydroxyl groups is 2. The van der Waals surface area contributed by atoms with Crippen molar-refractivity contribution in [2.45, 2.75) is 0 Å². The largest absolute Gasteiger partial charge is 0.508 e.